The lowest BCUT2D eigenvalue weighted by molar-refractivity contribution is -0.131. The van der Waals surface area contributed by atoms with Crippen LogP contribution in [0.1, 0.15) is 22.6 Å². The van der Waals surface area contributed by atoms with Crippen molar-refractivity contribution in [1.82, 2.24) is 25.0 Å². The summed E-state index contributed by atoms with van der Waals surface area (Å²) in [6.07, 6.45) is 2.62. The zero-order valence-electron chi connectivity index (χ0n) is 14.6. The lowest BCUT2D eigenvalue weighted by Gasteiger charge is -2.25. The first-order chi connectivity index (χ1) is 12.7. The first-order valence-electron chi connectivity index (χ1n) is 8.72. The van der Waals surface area contributed by atoms with E-state index in [2.05, 4.69) is 15.2 Å². The Hall–Kier alpha value is -2.90. The highest BCUT2D eigenvalue weighted by Gasteiger charge is 2.44. The summed E-state index contributed by atoms with van der Waals surface area (Å²) < 4.78 is 5.15. The van der Waals surface area contributed by atoms with Gasteiger partial charge in [0.2, 0.25) is 11.7 Å². The minimum Gasteiger partial charge on any atom is -0.497 e. The van der Waals surface area contributed by atoms with Gasteiger partial charge in [0.1, 0.15) is 12.1 Å². The maximum absolute atomic E-state index is 12.8. The fourth-order valence-corrected chi connectivity index (χ4v) is 3.91. The molecule has 2 amide bonds. The van der Waals surface area contributed by atoms with Gasteiger partial charge in [0.05, 0.1) is 19.6 Å². The fraction of sp³-hybridized carbons (Fsp3) is 0.444. The molecule has 0 unspecified atom stereocenters. The van der Waals surface area contributed by atoms with Crippen LogP contribution >= 0.6 is 0 Å². The molecule has 26 heavy (non-hydrogen) atoms. The van der Waals surface area contributed by atoms with E-state index in [4.69, 9.17) is 4.74 Å². The van der Waals surface area contributed by atoms with Gasteiger partial charge in [0.15, 0.2) is 0 Å². The van der Waals surface area contributed by atoms with Gasteiger partial charge in [-0.05, 0) is 24.1 Å². The highest BCUT2D eigenvalue weighted by Crippen LogP contribution is 2.32. The van der Waals surface area contributed by atoms with Crippen molar-refractivity contribution in [1.29, 1.82) is 0 Å². The minimum absolute atomic E-state index is 0.0904. The number of nitrogens with one attached hydrogen (secondary N) is 1. The maximum atomic E-state index is 12.8. The van der Waals surface area contributed by atoms with Crippen molar-refractivity contribution in [3.05, 3.63) is 42.0 Å². The van der Waals surface area contributed by atoms with E-state index in [9.17, 15) is 9.59 Å². The number of nitrogens with zero attached hydrogens (tertiary/aromatic N) is 4. The summed E-state index contributed by atoms with van der Waals surface area (Å²) in [6, 6.07) is 7.65. The lowest BCUT2D eigenvalue weighted by atomic mass is 10.0. The summed E-state index contributed by atoms with van der Waals surface area (Å²) in [5.74, 6) is 1.32. The summed E-state index contributed by atoms with van der Waals surface area (Å²) in [6.45, 7) is 1.98. The first-order valence-corrected chi connectivity index (χ1v) is 8.72. The molecule has 0 spiro atoms. The number of hydrogen-bond donors (Lipinski definition) is 1. The fourth-order valence-electron chi connectivity index (χ4n) is 3.91. The molecule has 2 fully saturated rings. The van der Waals surface area contributed by atoms with E-state index in [-0.39, 0.29) is 23.7 Å². The van der Waals surface area contributed by atoms with Gasteiger partial charge < -0.3 is 14.5 Å². The zero-order valence-corrected chi connectivity index (χ0v) is 14.6. The van der Waals surface area contributed by atoms with Crippen molar-refractivity contribution < 1.29 is 14.3 Å². The Morgan fingerprint density at radius 2 is 2.08 bits per heavy atom. The van der Waals surface area contributed by atoms with Crippen LogP contribution in [-0.2, 0) is 11.2 Å². The summed E-state index contributed by atoms with van der Waals surface area (Å²) in [5, 5.41) is 6.34. The van der Waals surface area contributed by atoms with Crippen molar-refractivity contribution in [2.24, 2.45) is 5.92 Å². The lowest BCUT2D eigenvalue weighted by Crippen LogP contribution is -2.41. The molecule has 2 atom stereocenters. The molecule has 1 aromatic carbocycles. The number of amides is 2. The number of H-pyrrole nitrogens is 1. The molecule has 3 heterocycles. The Labute approximate surface area is 151 Å². The second kappa shape index (κ2) is 6.78. The largest absolute Gasteiger partial charge is 0.497 e. The van der Waals surface area contributed by atoms with Crippen LogP contribution < -0.4 is 4.74 Å². The molecular weight excluding hydrogens is 334 g/mol. The smallest absolute Gasteiger partial charge is 0.291 e. The van der Waals surface area contributed by atoms with Crippen molar-refractivity contribution in [3.63, 3.8) is 0 Å². The number of hydrogen-bond acceptors (Lipinski definition) is 5. The molecule has 136 valence electrons. The SMILES string of the molecule is COc1ccc(CC(=O)N2CC[C@H]3CN(C(=O)c4ncn[nH]4)C[C@H]32)cc1. The quantitative estimate of drug-likeness (QED) is 0.873. The molecule has 8 heteroatoms. The number of fused-ring (bicyclic) bond motifs is 1. The van der Waals surface area contributed by atoms with Gasteiger partial charge in [-0.25, -0.2) is 4.98 Å². The standard InChI is InChI=1S/C18H21N5O3/c1-26-14-4-2-12(3-5-14)8-16(24)23-7-6-13-9-22(10-15(13)23)18(25)17-19-11-20-21-17/h2-5,11,13,15H,6-10H2,1H3,(H,19,20,21)/t13-,15+/m0/s1. The number of likely N-dealkylation sites (tertiary alicyclic amines) is 2. The zero-order chi connectivity index (χ0) is 18.1. The average Bonchev–Trinajstić information content (AvgIpc) is 3.38. The molecule has 2 aromatic rings. The van der Waals surface area contributed by atoms with E-state index in [0.29, 0.717) is 25.4 Å². The van der Waals surface area contributed by atoms with Crippen LogP contribution in [0.3, 0.4) is 0 Å². The number of benzene rings is 1. The number of aromatic amines is 1. The van der Waals surface area contributed by atoms with E-state index >= 15 is 0 Å². The van der Waals surface area contributed by atoms with E-state index in [1.807, 2.05) is 29.2 Å². The summed E-state index contributed by atoms with van der Waals surface area (Å²) in [4.78, 5) is 32.9. The molecule has 0 saturated carbocycles. The first kappa shape index (κ1) is 16.6. The van der Waals surface area contributed by atoms with Crippen molar-refractivity contribution >= 4 is 11.8 Å². The number of carbonyl (C=O) groups is 2. The van der Waals surface area contributed by atoms with Crippen molar-refractivity contribution in [2.45, 2.75) is 18.9 Å². The Bertz CT molecular complexity index is 790. The molecule has 1 aromatic heterocycles. The van der Waals surface area contributed by atoms with Crippen LogP contribution in [0.25, 0.3) is 0 Å². The van der Waals surface area contributed by atoms with Crippen molar-refractivity contribution in [3.8, 4) is 5.75 Å². The molecule has 4 rings (SSSR count). The van der Waals surface area contributed by atoms with E-state index in [1.165, 1.54) is 6.33 Å². The molecular formula is C18H21N5O3. The summed E-state index contributed by atoms with van der Waals surface area (Å²) in [7, 11) is 1.62. The van der Waals surface area contributed by atoms with E-state index in [0.717, 1.165) is 24.3 Å². The van der Waals surface area contributed by atoms with Gasteiger partial charge in [-0.1, -0.05) is 12.1 Å². The Balaban J connectivity index is 1.40. The van der Waals surface area contributed by atoms with Gasteiger partial charge in [0, 0.05) is 25.6 Å². The van der Waals surface area contributed by atoms with Crippen LogP contribution in [0, 0.1) is 5.92 Å². The molecule has 2 aliphatic heterocycles. The number of ether oxygens (including phenoxy) is 1. The van der Waals surface area contributed by atoms with Crippen LogP contribution in [-0.4, -0.2) is 69.6 Å². The van der Waals surface area contributed by atoms with Crippen LogP contribution in [0.4, 0.5) is 0 Å². The number of aromatic nitrogens is 3. The third-order valence-electron chi connectivity index (χ3n) is 5.29. The maximum Gasteiger partial charge on any atom is 0.291 e. The minimum atomic E-state index is -0.153. The Morgan fingerprint density at radius 3 is 2.77 bits per heavy atom. The number of rotatable bonds is 4. The van der Waals surface area contributed by atoms with Gasteiger partial charge in [-0.15, -0.1) is 0 Å². The summed E-state index contributed by atoms with van der Waals surface area (Å²) >= 11 is 0. The predicted octanol–water partition coefficient (Wildman–Crippen LogP) is 0.729. The average molecular weight is 355 g/mol. The predicted molar refractivity (Wildman–Crippen MR) is 92.6 cm³/mol. The van der Waals surface area contributed by atoms with Crippen LogP contribution in [0.2, 0.25) is 0 Å². The Kier molecular flexibility index (Phi) is 4.32. The highest BCUT2D eigenvalue weighted by atomic mass is 16.5. The second-order valence-corrected chi connectivity index (χ2v) is 6.77. The van der Waals surface area contributed by atoms with Gasteiger partial charge in [-0.2, -0.15) is 5.10 Å². The van der Waals surface area contributed by atoms with Crippen LogP contribution in [0.5, 0.6) is 5.75 Å². The summed E-state index contributed by atoms with van der Waals surface area (Å²) in [5.41, 5.74) is 0.965. The van der Waals surface area contributed by atoms with E-state index < -0.39 is 0 Å². The topological polar surface area (TPSA) is 91.4 Å². The molecule has 8 nitrogen and oxygen atoms in total. The Morgan fingerprint density at radius 1 is 1.27 bits per heavy atom. The van der Waals surface area contributed by atoms with Gasteiger partial charge >= 0.3 is 0 Å². The molecule has 0 aliphatic carbocycles. The second-order valence-electron chi connectivity index (χ2n) is 6.77. The third-order valence-corrected chi connectivity index (χ3v) is 5.29. The molecule has 1 N–H and O–H groups in total. The number of carbonyl (C=O) groups excluding carboxylic acids is 2. The van der Waals surface area contributed by atoms with Crippen LogP contribution in [0.15, 0.2) is 30.6 Å². The molecule has 2 saturated heterocycles. The van der Waals surface area contributed by atoms with Gasteiger partial charge in [-0.3, -0.25) is 14.7 Å². The normalized spacial score (nSPS) is 21.7. The number of methoxy groups -OCH3 is 1. The molecule has 0 bridgehead atoms. The highest BCUT2D eigenvalue weighted by molar-refractivity contribution is 5.90. The monoisotopic (exact) mass is 355 g/mol. The molecule has 0 radical (unpaired) electrons. The van der Waals surface area contributed by atoms with Crippen molar-refractivity contribution in [2.75, 3.05) is 26.7 Å². The third kappa shape index (κ3) is 3.02. The molecule has 2 aliphatic rings. The van der Waals surface area contributed by atoms with Gasteiger partial charge in [0.25, 0.3) is 5.91 Å². The van der Waals surface area contributed by atoms with E-state index in [1.54, 1.807) is 12.0 Å².